The molecule has 0 spiro atoms. The molecule has 0 aromatic heterocycles. The maximum atomic E-state index is 5.47. The second kappa shape index (κ2) is 10.0. The summed E-state index contributed by atoms with van der Waals surface area (Å²) in [6.45, 7) is 5.09. The van der Waals surface area contributed by atoms with Crippen molar-refractivity contribution in [3.05, 3.63) is 0 Å². The Morgan fingerprint density at radius 2 is 2.09 bits per heavy atom. The van der Waals surface area contributed by atoms with Crippen LogP contribution in [0.3, 0.4) is 0 Å². The van der Waals surface area contributed by atoms with Crippen molar-refractivity contribution >= 4 is 5.96 Å². The molecule has 0 aromatic rings. The third-order valence-corrected chi connectivity index (χ3v) is 4.24. The van der Waals surface area contributed by atoms with E-state index in [1.807, 2.05) is 0 Å². The van der Waals surface area contributed by atoms with E-state index in [-0.39, 0.29) is 0 Å². The number of rotatable bonds is 10. The Labute approximate surface area is 134 Å². The monoisotopic (exact) mass is 312 g/mol. The van der Waals surface area contributed by atoms with Crippen molar-refractivity contribution in [2.24, 2.45) is 4.99 Å². The van der Waals surface area contributed by atoms with Crippen LogP contribution in [0.5, 0.6) is 0 Å². The third-order valence-electron chi connectivity index (χ3n) is 4.24. The highest BCUT2D eigenvalue weighted by Gasteiger charge is 2.23. The molecule has 0 amide bonds. The first-order valence-corrected chi connectivity index (χ1v) is 8.61. The highest BCUT2D eigenvalue weighted by molar-refractivity contribution is 5.80. The van der Waals surface area contributed by atoms with Crippen LogP contribution in [-0.2, 0) is 9.47 Å². The summed E-state index contributed by atoms with van der Waals surface area (Å²) in [7, 11) is 3.89. The lowest BCUT2D eigenvalue weighted by Gasteiger charge is -2.18. The smallest absolute Gasteiger partial charge is 0.191 e. The first-order chi connectivity index (χ1) is 10.8. The lowest BCUT2D eigenvalue weighted by molar-refractivity contribution is 0.0698. The van der Waals surface area contributed by atoms with Crippen LogP contribution in [0.15, 0.2) is 4.99 Å². The van der Waals surface area contributed by atoms with Gasteiger partial charge in [-0.25, -0.2) is 0 Å². The Hall–Kier alpha value is -0.850. The fourth-order valence-electron chi connectivity index (χ4n) is 2.61. The number of nitrogens with one attached hydrogen (secondary N) is 2. The van der Waals surface area contributed by atoms with E-state index in [2.05, 4.69) is 22.6 Å². The maximum Gasteiger partial charge on any atom is 0.191 e. The second-order valence-electron chi connectivity index (χ2n) is 6.27. The van der Waals surface area contributed by atoms with E-state index < -0.39 is 0 Å². The molecule has 6 heteroatoms. The summed E-state index contributed by atoms with van der Waals surface area (Å²) in [5.74, 6) is 0.972. The average Bonchev–Trinajstić information content (AvgIpc) is 3.24. The number of likely N-dealkylation sites (N-methyl/N-ethyl adjacent to an activating group) is 1. The number of likely N-dealkylation sites (tertiary alicyclic amines) is 1. The molecule has 0 aromatic carbocycles. The molecule has 0 unspecified atom stereocenters. The summed E-state index contributed by atoms with van der Waals surface area (Å²) in [5, 5.41) is 6.93. The SMILES string of the molecule is COCCOCCCNC(=NC[C@@H]1CCCN1C)NC1CC1. The molecule has 2 fully saturated rings. The van der Waals surface area contributed by atoms with Crippen LogP contribution in [0.1, 0.15) is 32.1 Å². The van der Waals surface area contributed by atoms with Crippen molar-refractivity contribution in [3.63, 3.8) is 0 Å². The van der Waals surface area contributed by atoms with Crippen molar-refractivity contribution in [2.75, 3.05) is 53.6 Å². The third kappa shape index (κ3) is 6.94. The van der Waals surface area contributed by atoms with Gasteiger partial charge in [0, 0.05) is 32.3 Å². The maximum absolute atomic E-state index is 5.47. The van der Waals surface area contributed by atoms with Crippen LogP contribution < -0.4 is 10.6 Å². The van der Waals surface area contributed by atoms with E-state index in [0.717, 1.165) is 32.1 Å². The summed E-state index contributed by atoms with van der Waals surface area (Å²) in [5.41, 5.74) is 0. The first-order valence-electron chi connectivity index (χ1n) is 8.61. The summed E-state index contributed by atoms with van der Waals surface area (Å²) in [6.07, 6.45) is 6.09. The molecule has 1 saturated carbocycles. The van der Waals surface area contributed by atoms with Crippen molar-refractivity contribution in [1.82, 2.24) is 15.5 Å². The van der Waals surface area contributed by atoms with Gasteiger partial charge in [-0.15, -0.1) is 0 Å². The van der Waals surface area contributed by atoms with E-state index >= 15 is 0 Å². The number of nitrogens with zero attached hydrogens (tertiary/aromatic N) is 2. The predicted octanol–water partition coefficient (Wildman–Crippen LogP) is 0.831. The van der Waals surface area contributed by atoms with Gasteiger partial charge in [0.1, 0.15) is 0 Å². The Bertz CT molecular complexity index is 334. The Morgan fingerprint density at radius 3 is 2.77 bits per heavy atom. The predicted molar refractivity (Wildman–Crippen MR) is 89.4 cm³/mol. The van der Waals surface area contributed by atoms with Gasteiger partial charge in [-0.3, -0.25) is 4.99 Å². The Morgan fingerprint density at radius 1 is 1.23 bits per heavy atom. The zero-order valence-corrected chi connectivity index (χ0v) is 14.1. The number of methoxy groups -OCH3 is 1. The Balaban J connectivity index is 1.62. The molecular weight excluding hydrogens is 280 g/mol. The molecule has 0 bridgehead atoms. The number of hydrogen-bond donors (Lipinski definition) is 2. The normalized spacial score (nSPS) is 23.0. The minimum absolute atomic E-state index is 0.607. The molecule has 1 heterocycles. The quantitative estimate of drug-likeness (QED) is 0.355. The van der Waals surface area contributed by atoms with Crippen LogP contribution in [0.25, 0.3) is 0 Å². The molecule has 0 radical (unpaired) electrons. The molecule has 2 N–H and O–H groups in total. The largest absolute Gasteiger partial charge is 0.382 e. The molecule has 22 heavy (non-hydrogen) atoms. The van der Waals surface area contributed by atoms with Gasteiger partial charge in [0.15, 0.2) is 5.96 Å². The van der Waals surface area contributed by atoms with Gasteiger partial charge < -0.3 is 25.0 Å². The van der Waals surface area contributed by atoms with Gasteiger partial charge in [-0.05, 0) is 45.7 Å². The van der Waals surface area contributed by atoms with E-state index in [1.165, 1.54) is 32.2 Å². The summed E-state index contributed by atoms with van der Waals surface area (Å²) in [6, 6.07) is 1.24. The van der Waals surface area contributed by atoms with Crippen molar-refractivity contribution in [2.45, 2.75) is 44.2 Å². The average molecular weight is 312 g/mol. The molecule has 2 aliphatic rings. The lowest BCUT2D eigenvalue weighted by Crippen LogP contribution is -2.40. The highest BCUT2D eigenvalue weighted by atomic mass is 16.5. The minimum atomic E-state index is 0.607. The van der Waals surface area contributed by atoms with Crippen molar-refractivity contribution < 1.29 is 9.47 Å². The van der Waals surface area contributed by atoms with Gasteiger partial charge in [-0.2, -0.15) is 0 Å². The molecule has 1 aliphatic heterocycles. The van der Waals surface area contributed by atoms with Crippen LogP contribution >= 0.6 is 0 Å². The molecular formula is C16H32N4O2. The van der Waals surface area contributed by atoms with Crippen LogP contribution in [0.2, 0.25) is 0 Å². The molecule has 2 rings (SSSR count). The zero-order valence-electron chi connectivity index (χ0n) is 14.1. The van der Waals surface area contributed by atoms with Crippen LogP contribution in [-0.4, -0.2) is 76.6 Å². The van der Waals surface area contributed by atoms with E-state index in [0.29, 0.717) is 25.3 Å². The first kappa shape index (κ1) is 17.5. The Kier molecular flexibility index (Phi) is 7.98. The zero-order chi connectivity index (χ0) is 15.6. The van der Waals surface area contributed by atoms with Crippen LogP contribution in [0.4, 0.5) is 0 Å². The fraction of sp³-hybridized carbons (Fsp3) is 0.938. The summed E-state index contributed by atoms with van der Waals surface area (Å²) < 4.78 is 10.4. The number of guanidine groups is 1. The number of aliphatic imine (C=N–C) groups is 1. The fourth-order valence-corrected chi connectivity index (χ4v) is 2.61. The summed E-state index contributed by atoms with van der Waals surface area (Å²) >= 11 is 0. The molecule has 1 saturated heterocycles. The molecule has 128 valence electrons. The molecule has 1 atom stereocenters. The van der Waals surface area contributed by atoms with E-state index in [4.69, 9.17) is 14.5 Å². The van der Waals surface area contributed by atoms with Crippen molar-refractivity contribution in [3.8, 4) is 0 Å². The standard InChI is InChI=1S/C16H32N4O2/c1-20-9-3-5-15(20)13-18-16(19-14-6-7-14)17-8-4-10-22-12-11-21-2/h14-15H,3-13H2,1-2H3,(H2,17,18,19)/t15-/m0/s1. The van der Waals surface area contributed by atoms with Gasteiger partial charge in [0.25, 0.3) is 0 Å². The van der Waals surface area contributed by atoms with Gasteiger partial charge in [0.05, 0.1) is 19.8 Å². The van der Waals surface area contributed by atoms with Crippen LogP contribution in [0, 0.1) is 0 Å². The number of hydrogen-bond acceptors (Lipinski definition) is 4. The van der Waals surface area contributed by atoms with Gasteiger partial charge >= 0.3 is 0 Å². The van der Waals surface area contributed by atoms with Gasteiger partial charge in [-0.1, -0.05) is 0 Å². The minimum Gasteiger partial charge on any atom is -0.382 e. The number of ether oxygens (including phenoxy) is 2. The van der Waals surface area contributed by atoms with Gasteiger partial charge in [0.2, 0.25) is 0 Å². The van der Waals surface area contributed by atoms with E-state index in [1.54, 1.807) is 7.11 Å². The highest BCUT2D eigenvalue weighted by Crippen LogP contribution is 2.18. The molecule has 6 nitrogen and oxygen atoms in total. The molecule has 1 aliphatic carbocycles. The van der Waals surface area contributed by atoms with Crippen molar-refractivity contribution in [1.29, 1.82) is 0 Å². The van der Waals surface area contributed by atoms with E-state index in [9.17, 15) is 0 Å². The topological polar surface area (TPSA) is 58.1 Å². The lowest BCUT2D eigenvalue weighted by atomic mass is 10.2. The second-order valence-corrected chi connectivity index (χ2v) is 6.27. The summed E-state index contributed by atoms with van der Waals surface area (Å²) in [4.78, 5) is 7.19.